The zero-order valence-corrected chi connectivity index (χ0v) is 11.2. The fourth-order valence-electron chi connectivity index (χ4n) is 2.35. The molecule has 0 bridgehead atoms. The molecule has 1 aromatic carbocycles. The minimum Gasteiger partial charge on any atom is -0.326 e. The van der Waals surface area contributed by atoms with Crippen LogP contribution in [0.15, 0.2) is 36.7 Å². The molecule has 0 radical (unpaired) electrons. The predicted octanol–water partition coefficient (Wildman–Crippen LogP) is 2.39. The van der Waals surface area contributed by atoms with Crippen molar-refractivity contribution in [1.29, 1.82) is 5.26 Å². The highest BCUT2D eigenvalue weighted by molar-refractivity contribution is 5.32. The third-order valence-electron chi connectivity index (χ3n) is 3.45. The van der Waals surface area contributed by atoms with Gasteiger partial charge in [-0.3, -0.25) is 0 Å². The molecule has 19 heavy (non-hydrogen) atoms. The number of hydrogen-bond acceptors (Lipinski definition) is 3. The van der Waals surface area contributed by atoms with Crippen LogP contribution in [0, 0.1) is 18.3 Å². The molecule has 0 saturated carbocycles. The van der Waals surface area contributed by atoms with E-state index in [2.05, 4.69) is 37.0 Å². The predicted molar refractivity (Wildman–Crippen MR) is 74.5 cm³/mol. The number of benzene rings is 1. The lowest BCUT2D eigenvalue weighted by Gasteiger charge is -2.26. The Morgan fingerprint density at radius 2 is 2.16 bits per heavy atom. The summed E-state index contributed by atoms with van der Waals surface area (Å²) >= 11 is 0. The molecular formula is C15H18N4. The number of rotatable bonds is 4. The van der Waals surface area contributed by atoms with E-state index in [0.29, 0.717) is 5.82 Å². The SMILES string of the molecule is CCC(N)C(c1ccccc1C)n1ccnc1C#N. The van der Waals surface area contributed by atoms with Gasteiger partial charge in [0.1, 0.15) is 6.07 Å². The Labute approximate surface area is 113 Å². The van der Waals surface area contributed by atoms with Crippen molar-refractivity contribution in [3.8, 4) is 6.07 Å². The van der Waals surface area contributed by atoms with Gasteiger partial charge in [-0.25, -0.2) is 4.98 Å². The van der Waals surface area contributed by atoms with Gasteiger partial charge in [0.2, 0.25) is 5.82 Å². The molecule has 2 N–H and O–H groups in total. The van der Waals surface area contributed by atoms with Crippen LogP contribution in [0.25, 0.3) is 0 Å². The third kappa shape index (κ3) is 2.51. The topological polar surface area (TPSA) is 67.6 Å². The van der Waals surface area contributed by atoms with Crippen molar-refractivity contribution in [3.05, 3.63) is 53.6 Å². The van der Waals surface area contributed by atoms with Gasteiger partial charge in [-0.05, 0) is 24.5 Å². The monoisotopic (exact) mass is 254 g/mol. The molecule has 2 rings (SSSR count). The largest absolute Gasteiger partial charge is 0.326 e. The Kier molecular flexibility index (Phi) is 3.98. The van der Waals surface area contributed by atoms with Crippen molar-refractivity contribution in [2.24, 2.45) is 5.73 Å². The molecule has 0 fully saturated rings. The zero-order chi connectivity index (χ0) is 13.8. The van der Waals surface area contributed by atoms with Gasteiger partial charge in [0.05, 0.1) is 6.04 Å². The number of aryl methyl sites for hydroxylation is 1. The van der Waals surface area contributed by atoms with Crippen LogP contribution in [-0.2, 0) is 0 Å². The van der Waals surface area contributed by atoms with E-state index in [9.17, 15) is 0 Å². The highest BCUT2D eigenvalue weighted by Crippen LogP contribution is 2.26. The average molecular weight is 254 g/mol. The maximum atomic E-state index is 9.15. The summed E-state index contributed by atoms with van der Waals surface area (Å²) in [6.07, 6.45) is 4.30. The van der Waals surface area contributed by atoms with Crippen LogP contribution >= 0.6 is 0 Å². The lowest BCUT2D eigenvalue weighted by Crippen LogP contribution is -2.33. The first-order valence-corrected chi connectivity index (χ1v) is 6.43. The molecule has 4 nitrogen and oxygen atoms in total. The maximum absolute atomic E-state index is 9.15. The number of nitrogens with two attached hydrogens (primary N) is 1. The summed E-state index contributed by atoms with van der Waals surface area (Å²) in [5.41, 5.74) is 8.59. The van der Waals surface area contributed by atoms with E-state index in [1.54, 1.807) is 6.20 Å². The quantitative estimate of drug-likeness (QED) is 0.910. The summed E-state index contributed by atoms with van der Waals surface area (Å²) < 4.78 is 1.87. The molecule has 0 aliphatic carbocycles. The van der Waals surface area contributed by atoms with E-state index in [1.807, 2.05) is 22.9 Å². The first-order chi connectivity index (χ1) is 9.19. The normalized spacial score (nSPS) is 13.8. The third-order valence-corrected chi connectivity index (χ3v) is 3.45. The average Bonchev–Trinajstić information content (AvgIpc) is 2.89. The molecule has 1 aromatic heterocycles. The molecule has 2 unspecified atom stereocenters. The number of nitrogens with zero attached hydrogens (tertiary/aromatic N) is 3. The summed E-state index contributed by atoms with van der Waals surface area (Å²) in [7, 11) is 0. The van der Waals surface area contributed by atoms with Gasteiger partial charge < -0.3 is 10.3 Å². The van der Waals surface area contributed by atoms with Crippen molar-refractivity contribution in [2.45, 2.75) is 32.4 Å². The van der Waals surface area contributed by atoms with Gasteiger partial charge in [-0.1, -0.05) is 31.2 Å². The van der Waals surface area contributed by atoms with Crippen LogP contribution in [0.1, 0.15) is 36.3 Å². The number of hydrogen-bond donors (Lipinski definition) is 1. The first-order valence-electron chi connectivity index (χ1n) is 6.43. The number of nitriles is 1. The van der Waals surface area contributed by atoms with Crippen LogP contribution in [0.2, 0.25) is 0 Å². The minimum atomic E-state index is -0.0533. The van der Waals surface area contributed by atoms with Crippen molar-refractivity contribution >= 4 is 0 Å². The second-order valence-corrected chi connectivity index (χ2v) is 4.64. The Morgan fingerprint density at radius 1 is 1.42 bits per heavy atom. The molecule has 4 heteroatoms. The molecule has 2 aromatic rings. The smallest absolute Gasteiger partial charge is 0.213 e. The lowest BCUT2D eigenvalue weighted by molar-refractivity contribution is 0.453. The van der Waals surface area contributed by atoms with E-state index < -0.39 is 0 Å². The van der Waals surface area contributed by atoms with E-state index in [4.69, 9.17) is 11.0 Å². The molecule has 0 aliphatic heterocycles. The van der Waals surface area contributed by atoms with E-state index >= 15 is 0 Å². The lowest BCUT2D eigenvalue weighted by atomic mass is 9.94. The fourth-order valence-corrected chi connectivity index (χ4v) is 2.35. The van der Waals surface area contributed by atoms with E-state index in [1.165, 1.54) is 5.56 Å². The molecular weight excluding hydrogens is 236 g/mol. The van der Waals surface area contributed by atoms with Crippen LogP contribution in [0.3, 0.4) is 0 Å². The van der Waals surface area contributed by atoms with Gasteiger partial charge >= 0.3 is 0 Å². The summed E-state index contributed by atoms with van der Waals surface area (Å²) in [5, 5.41) is 9.15. The molecule has 98 valence electrons. The fraction of sp³-hybridized carbons (Fsp3) is 0.333. The highest BCUT2D eigenvalue weighted by atomic mass is 15.1. The van der Waals surface area contributed by atoms with Crippen molar-refractivity contribution in [3.63, 3.8) is 0 Å². The standard InChI is InChI=1S/C15H18N4/c1-3-13(17)15(12-7-5-4-6-11(12)2)19-9-8-18-14(19)10-16/h4-9,13,15H,3,17H2,1-2H3. The van der Waals surface area contributed by atoms with E-state index in [-0.39, 0.29) is 12.1 Å². The summed E-state index contributed by atoms with van der Waals surface area (Å²) in [6.45, 7) is 4.12. The number of imidazole rings is 1. The summed E-state index contributed by atoms with van der Waals surface area (Å²) in [5.74, 6) is 0.400. The van der Waals surface area contributed by atoms with Gasteiger partial charge in [0.25, 0.3) is 0 Å². The maximum Gasteiger partial charge on any atom is 0.213 e. The van der Waals surface area contributed by atoms with Crippen LogP contribution in [0.4, 0.5) is 0 Å². The van der Waals surface area contributed by atoms with Gasteiger partial charge in [-0.15, -0.1) is 0 Å². The van der Waals surface area contributed by atoms with Crippen LogP contribution < -0.4 is 5.73 Å². The molecule has 0 aliphatic rings. The van der Waals surface area contributed by atoms with Gasteiger partial charge in [-0.2, -0.15) is 5.26 Å². The first kappa shape index (κ1) is 13.3. The van der Waals surface area contributed by atoms with Gasteiger partial charge in [0, 0.05) is 18.4 Å². The summed E-state index contributed by atoms with van der Waals surface area (Å²) in [6, 6.07) is 10.2. The Hall–Kier alpha value is -2.12. The van der Waals surface area contributed by atoms with Crippen molar-refractivity contribution in [1.82, 2.24) is 9.55 Å². The second-order valence-electron chi connectivity index (χ2n) is 4.64. The van der Waals surface area contributed by atoms with Crippen LogP contribution in [0.5, 0.6) is 0 Å². The molecule has 1 heterocycles. The van der Waals surface area contributed by atoms with E-state index in [0.717, 1.165) is 12.0 Å². The number of aromatic nitrogens is 2. The Morgan fingerprint density at radius 3 is 2.79 bits per heavy atom. The van der Waals surface area contributed by atoms with Crippen molar-refractivity contribution < 1.29 is 0 Å². The molecule has 0 amide bonds. The molecule has 0 spiro atoms. The Bertz CT molecular complexity index is 592. The van der Waals surface area contributed by atoms with Gasteiger partial charge in [0.15, 0.2) is 0 Å². The molecule has 0 saturated heterocycles. The van der Waals surface area contributed by atoms with Crippen molar-refractivity contribution in [2.75, 3.05) is 0 Å². The molecule has 2 atom stereocenters. The second kappa shape index (κ2) is 5.68. The summed E-state index contributed by atoms with van der Waals surface area (Å²) in [4.78, 5) is 4.07. The zero-order valence-electron chi connectivity index (χ0n) is 11.2. The highest BCUT2D eigenvalue weighted by Gasteiger charge is 2.23. The minimum absolute atomic E-state index is 0.0525. The Balaban J connectivity index is 2.55. The van der Waals surface area contributed by atoms with Crippen LogP contribution in [-0.4, -0.2) is 15.6 Å².